The smallest absolute Gasteiger partial charge is 0.361 e. The van der Waals surface area contributed by atoms with Gasteiger partial charge in [-0.05, 0) is 6.42 Å². The molecule has 0 amide bonds. The Morgan fingerprint density at radius 3 is 2.22 bits per heavy atom. The van der Waals surface area contributed by atoms with Gasteiger partial charge in [0.05, 0.1) is 20.7 Å². The predicted molar refractivity (Wildman–Crippen MR) is 96.1 cm³/mol. The molecule has 0 aliphatic heterocycles. The monoisotopic (exact) mass is 320 g/mol. The Labute approximate surface area is 142 Å². The zero-order chi connectivity index (χ0) is 17.0. The normalized spacial score (nSPS) is 11.4. The highest BCUT2D eigenvalue weighted by Crippen LogP contribution is 2.10. The molecule has 0 saturated heterocycles. The Bertz CT molecular complexity index is 429. The summed E-state index contributed by atoms with van der Waals surface area (Å²) in [5.41, 5.74) is 1.25. The van der Waals surface area contributed by atoms with Crippen LogP contribution in [0.5, 0.6) is 0 Å². The lowest BCUT2D eigenvalue weighted by Gasteiger charge is -2.28. The van der Waals surface area contributed by atoms with Gasteiger partial charge in [0.2, 0.25) is 0 Å². The summed E-state index contributed by atoms with van der Waals surface area (Å²) >= 11 is 0. The minimum absolute atomic E-state index is 0.0862. The molecule has 1 aromatic rings. The molecule has 3 nitrogen and oxygen atoms in total. The van der Waals surface area contributed by atoms with Crippen molar-refractivity contribution in [3.05, 3.63) is 35.9 Å². The van der Waals surface area contributed by atoms with Crippen molar-refractivity contribution < 1.29 is 14.0 Å². The van der Waals surface area contributed by atoms with E-state index in [0.29, 0.717) is 17.6 Å². The van der Waals surface area contributed by atoms with Gasteiger partial charge in [0.25, 0.3) is 0 Å². The van der Waals surface area contributed by atoms with Gasteiger partial charge in [-0.25, -0.2) is 4.79 Å². The highest BCUT2D eigenvalue weighted by Gasteiger charge is 2.21. The molecule has 0 aromatic heterocycles. The third-order valence-corrected chi connectivity index (χ3v) is 4.02. The summed E-state index contributed by atoms with van der Waals surface area (Å²) in [6.45, 7) is 4.06. The summed E-state index contributed by atoms with van der Waals surface area (Å²) in [4.78, 5) is 12.0. The van der Waals surface area contributed by atoms with Gasteiger partial charge in [0.1, 0.15) is 6.54 Å². The van der Waals surface area contributed by atoms with Crippen LogP contribution in [-0.4, -0.2) is 37.7 Å². The first-order chi connectivity index (χ1) is 11.0. The van der Waals surface area contributed by atoms with Gasteiger partial charge in [0, 0.05) is 5.56 Å². The van der Waals surface area contributed by atoms with Crippen molar-refractivity contribution in [2.75, 3.05) is 27.2 Å². The molecule has 0 spiro atoms. The first-order valence-corrected chi connectivity index (χ1v) is 9.05. The molecule has 1 aromatic carbocycles. The van der Waals surface area contributed by atoms with E-state index < -0.39 is 0 Å². The summed E-state index contributed by atoms with van der Waals surface area (Å²) in [5.74, 6) is -0.0862. The Kier molecular flexibility index (Phi) is 9.61. The van der Waals surface area contributed by atoms with E-state index in [1.54, 1.807) is 0 Å². The minimum Gasteiger partial charge on any atom is -0.462 e. The van der Waals surface area contributed by atoms with E-state index in [0.717, 1.165) is 13.0 Å². The second-order valence-corrected chi connectivity index (χ2v) is 7.08. The van der Waals surface area contributed by atoms with E-state index in [4.69, 9.17) is 4.74 Å². The summed E-state index contributed by atoms with van der Waals surface area (Å²) in [6, 6.07) is 10.3. The lowest BCUT2D eigenvalue weighted by Crippen LogP contribution is -2.43. The summed E-state index contributed by atoms with van der Waals surface area (Å²) in [5, 5.41) is 0. The largest absolute Gasteiger partial charge is 0.462 e. The molecular formula is C20H34NO2+. The number of rotatable bonds is 12. The quantitative estimate of drug-likeness (QED) is 0.321. The van der Waals surface area contributed by atoms with Crippen molar-refractivity contribution in [1.29, 1.82) is 0 Å². The Morgan fingerprint density at radius 1 is 0.957 bits per heavy atom. The number of nitrogens with zero attached hydrogens (tertiary/aromatic N) is 1. The molecule has 0 aliphatic carbocycles. The number of unbranched alkanes of at least 4 members (excludes halogenated alkanes) is 6. The van der Waals surface area contributed by atoms with Crippen LogP contribution in [0.1, 0.15) is 57.4 Å². The van der Waals surface area contributed by atoms with E-state index in [-0.39, 0.29) is 5.97 Å². The maximum Gasteiger partial charge on any atom is 0.361 e. The molecule has 0 N–H and O–H groups in total. The van der Waals surface area contributed by atoms with Crippen LogP contribution in [0.3, 0.4) is 0 Å². The molecule has 0 atom stereocenters. The fourth-order valence-electron chi connectivity index (χ4n) is 2.77. The first-order valence-electron chi connectivity index (χ1n) is 9.05. The molecule has 0 saturated carbocycles. The molecule has 0 aliphatic rings. The van der Waals surface area contributed by atoms with Gasteiger partial charge in [0.15, 0.2) is 6.54 Å². The Morgan fingerprint density at radius 2 is 1.57 bits per heavy atom. The predicted octanol–water partition coefficient (Wildman–Crippen LogP) is 4.56. The van der Waals surface area contributed by atoms with Crippen molar-refractivity contribution in [2.45, 2.75) is 58.4 Å². The van der Waals surface area contributed by atoms with E-state index >= 15 is 0 Å². The molecule has 0 heterocycles. The zero-order valence-corrected chi connectivity index (χ0v) is 15.2. The number of esters is 1. The van der Waals surface area contributed by atoms with Gasteiger partial charge in [-0.3, -0.25) is 0 Å². The van der Waals surface area contributed by atoms with Gasteiger partial charge in [-0.2, -0.15) is 0 Å². The third kappa shape index (κ3) is 10.1. The average Bonchev–Trinajstić information content (AvgIpc) is 2.50. The third-order valence-electron chi connectivity index (χ3n) is 4.02. The fraction of sp³-hybridized carbons (Fsp3) is 0.650. The average molecular weight is 320 g/mol. The number of benzene rings is 1. The summed E-state index contributed by atoms with van der Waals surface area (Å²) < 4.78 is 6.01. The van der Waals surface area contributed by atoms with E-state index in [1.807, 2.05) is 18.2 Å². The van der Waals surface area contributed by atoms with Crippen LogP contribution < -0.4 is 0 Å². The first kappa shape index (κ1) is 19.7. The Balaban J connectivity index is 2.13. The molecule has 0 unspecified atom stereocenters. The minimum atomic E-state index is -0.0862. The molecule has 130 valence electrons. The van der Waals surface area contributed by atoms with Gasteiger partial charge in [-0.1, -0.05) is 75.8 Å². The number of carbonyl (C=O) groups is 1. The van der Waals surface area contributed by atoms with E-state index in [9.17, 15) is 4.79 Å². The lowest BCUT2D eigenvalue weighted by atomic mass is 10.1. The topological polar surface area (TPSA) is 26.3 Å². The van der Waals surface area contributed by atoms with E-state index in [1.165, 1.54) is 44.1 Å². The van der Waals surface area contributed by atoms with Crippen LogP contribution in [-0.2, 0) is 16.1 Å². The van der Waals surface area contributed by atoms with Crippen molar-refractivity contribution in [3.8, 4) is 0 Å². The number of quaternary nitrogens is 1. The second kappa shape index (κ2) is 11.2. The molecule has 0 radical (unpaired) electrons. The standard InChI is InChI=1S/C20H34NO2/c1-4-5-6-7-8-9-13-16-23-20(22)18-21(2,3)17-19-14-11-10-12-15-19/h10-12,14-15H,4-9,13,16-18H2,1-3H3/q+1. The number of hydrogen-bond donors (Lipinski definition) is 0. The van der Waals surface area contributed by atoms with Crippen molar-refractivity contribution in [1.82, 2.24) is 0 Å². The fourth-order valence-corrected chi connectivity index (χ4v) is 2.77. The van der Waals surface area contributed by atoms with Crippen LogP contribution >= 0.6 is 0 Å². The molecule has 23 heavy (non-hydrogen) atoms. The van der Waals surface area contributed by atoms with E-state index in [2.05, 4.69) is 33.2 Å². The van der Waals surface area contributed by atoms with Crippen LogP contribution in [0.25, 0.3) is 0 Å². The maximum atomic E-state index is 12.0. The van der Waals surface area contributed by atoms with Gasteiger partial charge >= 0.3 is 5.97 Å². The SMILES string of the molecule is CCCCCCCCCOC(=O)C[N+](C)(C)Cc1ccccc1. The lowest BCUT2D eigenvalue weighted by molar-refractivity contribution is -0.896. The zero-order valence-electron chi connectivity index (χ0n) is 15.2. The number of hydrogen-bond acceptors (Lipinski definition) is 2. The van der Waals surface area contributed by atoms with Gasteiger partial charge < -0.3 is 9.22 Å². The number of ether oxygens (including phenoxy) is 1. The summed E-state index contributed by atoms with van der Waals surface area (Å²) in [7, 11) is 4.14. The van der Waals surface area contributed by atoms with Crippen LogP contribution in [0.4, 0.5) is 0 Å². The van der Waals surface area contributed by atoms with Crippen LogP contribution in [0, 0.1) is 0 Å². The number of likely N-dealkylation sites (N-methyl/N-ethyl adjacent to an activating group) is 1. The molecule has 3 heteroatoms. The summed E-state index contributed by atoms with van der Waals surface area (Å²) in [6.07, 6.45) is 8.68. The van der Waals surface area contributed by atoms with Crippen LogP contribution in [0.15, 0.2) is 30.3 Å². The number of carbonyl (C=O) groups excluding carboxylic acids is 1. The molecule has 0 fully saturated rings. The highest BCUT2D eigenvalue weighted by molar-refractivity contribution is 5.70. The Hall–Kier alpha value is -1.35. The maximum absolute atomic E-state index is 12.0. The van der Waals surface area contributed by atoms with Crippen LogP contribution in [0.2, 0.25) is 0 Å². The highest BCUT2D eigenvalue weighted by atomic mass is 16.5. The van der Waals surface area contributed by atoms with Gasteiger partial charge in [-0.15, -0.1) is 0 Å². The van der Waals surface area contributed by atoms with Crippen molar-refractivity contribution >= 4 is 5.97 Å². The molecule has 1 rings (SSSR count). The second-order valence-electron chi connectivity index (χ2n) is 7.08. The molecular weight excluding hydrogens is 286 g/mol. The van der Waals surface area contributed by atoms with Crippen molar-refractivity contribution in [3.63, 3.8) is 0 Å². The molecule has 0 bridgehead atoms. The van der Waals surface area contributed by atoms with Crippen molar-refractivity contribution in [2.24, 2.45) is 0 Å².